The summed E-state index contributed by atoms with van der Waals surface area (Å²) >= 11 is 1.85. The van der Waals surface area contributed by atoms with Crippen molar-refractivity contribution in [1.82, 2.24) is 19.5 Å². The second kappa shape index (κ2) is 14.7. The first kappa shape index (κ1) is 36.4. The average Bonchev–Trinajstić information content (AvgIpc) is 3.92. The van der Waals surface area contributed by atoms with Crippen LogP contribution >= 0.6 is 11.3 Å². The molecule has 3 aromatic heterocycles. The Kier molecular flexibility index (Phi) is 8.36. The number of para-hydroxylation sites is 2. The summed E-state index contributed by atoms with van der Waals surface area (Å²) in [7, 11) is 0. The fourth-order valence-electron chi connectivity index (χ4n) is 9.58. The molecule has 0 saturated heterocycles. The van der Waals surface area contributed by atoms with E-state index in [1.54, 1.807) is 0 Å². The van der Waals surface area contributed by atoms with Crippen LogP contribution in [-0.4, -0.2) is 19.5 Å². The predicted molar refractivity (Wildman–Crippen MR) is 269 cm³/mol. The Balaban J connectivity index is 1.03. The number of aromatic nitrogens is 4. The molecule has 0 unspecified atom stereocenters. The fraction of sp³-hybridized carbons (Fsp3) is 0. The highest BCUT2D eigenvalue weighted by Crippen LogP contribution is 2.42. The van der Waals surface area contributed by atoms with Gasteiger partial charge in [-0.2, -0.15) is 0 Å². The van der Waals surface area contributed by atoms with Gasteiger partial charge in [0.25, 0.3) is 0 Å². The molecule has 3 heterocycles. The van der Waals surface area contributed by atoms with Crippen molar-refractivity contribution in [1.29, 1.82) is 0 Å². The SMILES string of the molecule is c1ccc(-c2ccc(-c3nc(-c4ccc(-c5cccc6c5sc5ccccc56)cc4)nc(-c4ccc5c(ccc6ccccc65)c4)n3)c(-n3c4ccccc4c4ccccc43)c2)cc1. The number of thiophene rings is 1. The summed E-state index contributed by atoms with van der Waals surface area (Å²) in [5, 5.41) is 9.76. The second-order valence-corrected chi connectivity index (χ2v) is 17.4. The lowest BCUT2D eigenvalue weighted by atomic mass is 9.99. The van der Waals surface area contributed by atoms with E-state index in [1.165, 1.54) is 52.7 Å². The van der Waals surface area contributed by atoms with Crippen LogP contribution in [0.2, 0.25) is 0 Å². The summed E-state index contributed by atoms with van der Waals surface area (Å²) in [4.78, 5) is 16.1. The van der Waals surface area contributed by atoms with Gasteiger partial charge in [-0.05, 0) is 80.2 Å². The van der Waals surface area contributed by atoms with Gasteiger partial charge in [0.1, 0.15) is 0 Å². The van der Waals surface area contributed by atoms with Crippen LogP contribution in [-0.2, 0) is 0 Å². The lowest BCUT2D eigenvalue weighted by Crippen LogP contribution is -2.04. The average molecular weight is 833 g/mol. The molecule has 0 amide bonds. The largest absolute Gasteiger partial charge is 0.308 e. The molecule has 0 N–H and O–H groups in total. The maximum Gasteiger partial charge on any atom is 0.166 e. The van der Waals surface area contributed by atoms with Gasteiger partial charge in [0, 0.05) is 47.6 Å². The van der Waals surface area contributed by atoms with Gasteiger partial charge in [-0.25, -0.2) is 15.0 Å². The standard InChI is InChI=1S/C59H36N4S/c1-2-13-37(14-3-1)41-31-34-51(54(36-41)63-52-22-9-6-17-47(52)48-18-7-10-23-53(48)63)59-61-57(60-58(62-59)43-32-33-45-42(35-43)30-27-38-15-4-5-16-44(38)45)40-28-25-39(26-29-40)46-20-12-21-50-49-19-8-11-24-55(49)64-56(46)50/h1-36H. The normalized spacial score (nSPS) is 11.8. The van der Waals surface area contributed by atoms with Crippen molar-refractivity contribution < 1.29 is 0 Å². The van der Waals surface area contributed by atoms with E-state index in [-0.39, 0.29) is 0 Å². The lowest BCUT2D eigenvalue weighted by Gasteiger charge is -2.16. The molecule has 64 heavy (non-hydrogen) atoms. The van der Waals surface area contributed by atoms with Gasteiger partial charge in [0.05, 0.1) is 16.7 Å². The maximum absolute atomic E-state index is 5.39. The van der Waals surface area contributed by atoms with Gasteiger partial charge >= 0.3 is 0 Å². The molecule has 5 heteroatoms. The monoisotopic (exact) mass is 832 g/mol. The third-order valence-corrected chi connectivity index (χ3v) is 13.9. The number of hydrogen-bond acceptors (Lipinski definition) is 4. The molecule has 0 radical (unpaired) electrons. The molecule has 0 aliphatic carbocycles. The van der Waals surface area contributed by atoms with Crippen molar-refractivity contribution in [2.75, 3.05) is 0 Å². The topological polar surface area (TPSA) is 43.6 Å². The van der Waals surface area contributed by atoms with Crippen LogP contribution in [0.5, 0.6) is 0 Å². The highest BCUT2D eigenvalue weighted by molar-refractivity contribution is 7.26. The summed E-state index contributed by atoms with van der Waals surface area (Å²) in [6.07, 6.45) is 0. The van der Waals surface area contributed by atoms with Crippen LogP contribution < -0.4 is 0 Å². The first-order chi connectivity index (χ1) is 31.7. The summed E-state index contributed by atoms with van der Waals surface area (Å²) in [6.45, 7) is 0. The minimum Gasteiger partial charge on any atom is -0.308 e. The highest BCUT2D eigenvalue weighted by atomic mass is 32.1. The lowest BCUT2D eigenvalue weighted by molar-refractivity contribution is 1.07. The van der Waals surface area contributed by atoms with Gasteiger partial charge in [0.2, 0.25) is 0 Å². The number of rotatable bonds is 6. The number of nitrogens with zero attached hydrogens (tertiary/aromatic N) is 4. The molecular formula is C59H36N4S. The number of benzene rings is 10. The van der Waals surface area contributed by atoms with Gasteiger partial charge in [-0.3, -0.25) is 0 Å². The van der Waals surface area contributed by atoms with Crippen LogP contribution in [0.3, 0.4) is 0 Å². The molecular weight excluding hydrogens is 797 g/mol. The molecule has 0 atom stereocenters. The van der Waals surface area contributed by atoms with E-state index in [0.29, 0.717) is 17.5 Å². The zero-order chi connectivity index (χ0) is 42.1. The second-order valence-electron chi connectivity index (χ2n) is 16.4. The van der Waals surface area contributed by atoms with Crippen LogP contribution in [0.25, 0.3) is 126 Å². The molecule has 0 bridgehead atoms. The van der Waals surface area contributed by atoms with Crippen LogP contribution in [0.1, 0.15) is 0 Å². The van der Waals surface area contributed by atoms with Gasteiger partial charge in [-0.1, -0.05) is 182 Å². The molecule has 0 aliphatic heterocycles. The Morgan fingerprint density at radius 3 is 1.69 bits per heavy atom. The minimum atomic E-state index is 0.606. The first-order valence-corrected chi connectivity index (χ1v) is 22.4. The smallest absolute Gasteiger partial charge is 0.166 e. The molecule has 0 saturated carbocycles. The predicted octanol–water partition coefficient (Wildman–Crippen LogP) is 16.0. The zero-order valence-electron chi connectivity index (χ0n) is 34.5. The molecule has 298 valence electrons. The van der Waals surface area contributed by atoms with E-state index in [2.05, 4.69) is 223 Å². The quantitative estimate of drug-likeness (QED) is 0.157. The zero-order valence-corrected chi connectivity index (χ0v) is 35.3. The molecule has 0 aliphatic rings. The van der Waals surface area contributed by atoms with Crippen LogP contribution in [0.4, 0.5) is 0 Å². The van der Waals surface area contributed by atoms with E-state index in [9.17, 15) is 0 Å². The third kappa shape index (κ3) is 5.93. The van der Waals surface area contributed by atoms with E-state index >= 15 is 0 Å². The summed E-state index contributed by atoms with van der Waals surface area (Å²) in [5.41, 5.74) is 10.6. The number of fused-ring (bicyclic) bond motifs is 9. The van der Waals surface area contributed by atoms with Crippen LogP contribution in [0.15, 0.2) is 218 Å². The molecule has 10 aromatic carbocycles. The van der Waals surface area contributed by atoms with Gasteiger partial charge in [0.15, 0.2) is 17.5 Å². The third-order valence-electron chi connectivity index (χ3n) is 12.7. The molecule has 0 spiro atoms. The van der Waals surface area contributed by atoms with E-state index < -0.39 is 0 Å². The minimum absolute atomic E-state index is 0.606. The molecule has 4 nitrogen and oxygen atoms in total. The summed E-state index contributed by atoms with van der Waals surface area (Å²) in [5.74, 6) is 1.84. The molecule has 13 rings (SSSR count). The van der Waals surface area contributed by atoms with E-state index in [0.717, 1.165) is 55.5 Å². The van der Waals surface area contributed by atoms with Crippen molar-refractivity contribution in [3.05, 3.63) is 218 Å². The van der Waals surface area contributed by atoms with Crippen molar-refractivity contribution in [2.45, 2.75) is 0 Å². The Hall–Kier alpha value is -8.25. The molecule has 0 fully saturated rings. The Labute approximate surface area is 373 Å². The summed E-state index contributed by atoms with van der Waals surface area (Å²) in [6, 6.07) is 78.1. The Morgan fingerprint density at radius 1 is 0.312 bits per heavy atom. The van der Waals surface area contributed by atoms with E-state index in [1.807, 2.05) is 11.3 Å². The number of hydrogen-bond donors (Lipinski definition) is 0. The van der Waals surface area contributed by atoms with Crippen molar-refractivity contribution in [3.8, 4) is 62.1 Å². The molecule has 13 aromatic rings. The van der Waals surface area contributed by atoms with Crippen molar-refractivity contribution in [3.63, 3.8) is 0 Å². The fourth-order valence-corrected chi connectivity index (χ4v) is 10.8. The van der Waals surface area contributed by atoms with Crippen molar-refractivity contribution >= 4 is 74.9 Å². The van der Waals surface area contributed by atoms with Crippen molar-refractivity contribution in [2.24, 2.45) is 0 Å². The maximum atomic E-state index is 5.39. The van der Waals surface area contributed by atoms with E-state index in [4.69, 9.17) is 15.0 Å². The Bertz CT molecular complexity index is 3900. The van der Waals surface area contributed by atoms with Gasteiger partial charge < -0.3 is 4.57 Å². The van der Waals surface area contributed by atoms with Crippen LogP contribution in [0, 0.1) is 0 Å². The first-order valence-electron chi connectivity index (χ1n) is 21.6. The van der Waals surface area contributed by atoms with Gasteiger partial charge in [-0.15, -0.1) is 11.3 Å². The summed E-state index contributed by atoms with van der Waals surface area (Å²) < 4.78 is 4.97. The highest BCUT2D eigenvalue weighted by Gasteiger charge is 2.21. The Morgan fingerprint density at radius 2 is 0.891 bits per heavy atom.